The Bertz CT molecular complexity index is 437. The Morgan fingerprint density at radius 1 is 1.47 bits per heavy atom. The molecule has 0 radical (unpaired) electrons. The van der Waals surface area contributed by atoms with Gasteiger partial charge in [0.25, 0.3) is 0 Å². The number of rotatable bonds is 7. The van der Waals surface area contributed by atoms with Crippen molar-refractivity contribution in [1.82, 2.24) is 4.90 Å². The largest absolute Gasteiger partial charge is 0.481 e. The van der Waals surface area contributed by atoms with Gasteiger partial charge in [-0.25, -0.2) is 4.39 Å². The summed E-state index contributed by atoms with van der Waals surface area (Å²) in [6.07, 6.45) is 0.678. The number of carbonyl (C=O) groups is 1. The first-order valence-corrected chi connectivity index (χ1v) is 6.67. The lowest BCUT2D eigenvalue weighted by molar-refractivity contribution is -0.137. The summed E-state index contributed by atoms with van der Waals surface area (Å²) in [4.78, 5) is 12.6. The van der Waals surface area contributed by atoms with Crippen molar-refractivity contribution >= 4 is 17.6 Å². The Morgan fingerprint density at radius 2 is 2.16 bits per heavy atom. The van der Waals surface area contributed by atoms with Gasteiger partial charge in [-0.2, -0.15) is 0 Å². The molecule has 19 heavy (non-hydrogen) atoms. The van der Waals surface area contributed by atoms with Gasteiger partial charge in [-0.1, -0.05) is 11.6 Å². The lowest BCUT2D eigenvalue weighted by Crippen LogP contribution is -2.32. The minimum atomic E-state index is -0.808. The fourth-order valence-corrected chi connectivity index (χ4v) is 2.03. The topological polar surface area (TPSA) is 40.5 Å². The van der Waals surface area contributed by atoms with E-state index in [-0.39, 0.29) is 18.3 Å². The van der Waals surface area contributed by atoms with E-state index in [0.29, 0.717) is 30.1 Å². The highest BCUT2D eigenvalue weighted by molar-refractivity contribution is 6.30. The summed E-state index contributed by atoms with van der Waals surface area (Å²) in [6, 6.07) is 4.70. The number of carboxylic acid groups (broad SMARTS) is 1. The minimum Gasteiger partial charge on any atom is -0.481 e. The maximum absolute atomic E-state index is 13.7. The van der Waals surface area contributed by atoms with Gasteiger partial charge in [-0.05, 0) is 45.0 Å². The third-order valence-electron chi connectivity index (χ3n) is 2.95. The minimum absolute atomic E-state index is 0.126. The van der Waals surface area contributed by atoms with Crippen molar-refractivity contribution in [3.63, 3.8) is 0 Å². The number of hydrogen-bond acceptors (Lipinski definition) is 2. The van der Waals surface area contributed by atoms with E-state index in [1.54, 1.807) is 6.07 Å². The fraction of sp³-hybridized carbons (Fsp3) is 0.500. The molecule has 0 unspecified atom stereocenters. The first-order valence-electron chi connectivity index (χ1n) is 6.30. The zero-order chi connectivity index (χ0) is 14.4. The van der Waals surface area contributed by atoms with Crippen LogP contribution >= 0.6 is 11.6 Å². The standard InChI is InChI=1S/C14H19ClFNO2/c1-10(2)17(7-3-4-14(18)19)9-11-8-12(15)5-6-13(11)16/h5-6,8,10H,3-4,7,9H2,1-2H3,(H,18,19). The average Bonchev–Trinajstić information content (AvgIpc) is 2.31. The quantitative estimate of drug-likeness (QED) is 0.834. The van der Waals surface area contributed by atoms with E-state index < -0.39 is 5.97 Å². The second-order valence-electron chi connectivity index (χ2n) is 4.80. The maximum atomic E-state index is 13.7. The summed E-state index contributed by atoms with van der Waals surface area (Å²) in [5.41, 5.74) is 0.538. The zero-order valence-corrected chi connectivity index (χ0v) is 12.0. The van der Waals surface area contributed by atoms with Crippen molar-refractivity contribution in [2.45, 2.75) is 39.3 Å². The monoisotopic (exact) mass is 287 g/mol. The van der Waals surface area contributed by atoms with E-state index in [4.69, 9.17) is 16.7 Å². The molecule has 0 aromatic heterocycles. The molecule has 106 valence electrons. The second kappa shape index (κ2) is 7.46. The Labute approximate surface area is 118 Å². The molecule has 1 aromatic rings. The molecule has 0 heterocycles. The molecule has 1 N–H and O–H groups in total. The molecule has 0 spiro atoms. The van der Waals surface area contributed by atoms with Crippen LogP contribution in [0.1, 0.15) is 32.3 Å². The highest BCUT2D eigenvalue weighted by Gasteiger charge is 2.13. The van der Waals surface area contributed by atoms with E-state index in [2.05, 4.69) is 0 Å². The van der Waals surface area contributed by atoms with Crippen LogP contribution in [0.5, 0.6) is 0 Å². The molecule has 0 aliphatic carbocycles. The molecule has 0 saturated heterocycles. The molecule has 0 aliphatic rings. The van der Waals surface area contributed by atoms with Crippen molar-refractivity contribution in [3.05, 3.63) is 34.6 Å². The van der Waals surface area contributed by atoms with Crippen LogP contribution in [0.3, 0.4) is 0 Å². The summed E-state index contributed by atoms with van der Waals surface area (Å²) in [6.45, 7) is 5.06. The Kier molecular flexibility index (Phi) is 6.25. The molecule has 0 atom stereocenters. The van der Waals surface area contributed by atoms with Crippen molar-refractivity contribution in [2.75, 3.05) is 6.54 Å². The van der Waals surface area contributed by atoms with Crippen LogP contribution in [0.15, 0.2) is 18.2 Å². The third-order valence-corrected chi connectivity index (χ3v) is 3.18. The van der Waals surface area contributed by atoms with E-state index >= 15 is 0 Å². The van der Waals surface area contributed by atoms with Crippen LogP contribution in [0, 0.1) is 5.82 Å². The number of halogens is 2. The van der Waals surface area contributed by atoms with Crippen molar-refractivity contribution < 1.29 is 14.3 Å². The molecule has 0 bridgehead atoms. The van der Waals surface area contributed by atoms with Gasteiger partial charge < -0.3 is 5.11 Å². The van der Waals surface area contributed by atoms with Crippen molar-refractivity contribution in [3.8, 4) is 0 Å². The smallest absolute Gasteiger partial charge is 0.303 e. The Hall–Kier alpha value is -1.13. The first-order chi connectivity index (χ1) is 8.90. The van der Waals surface area contributed by atoms with Gasteiger partial charge in [0.1, 0.15) is 5.82 Å². The molecule has 5 heteroatoms. The van der Waals surface area contributed by atoms with E-state index in [9.17, 15) is 9.18 Å². The third kappa shape index (κ3) is 5.57. The molecule has 0 fully saturated rings. The highest BCUT2D eigenvalue weighted by atomic mass is 35.5. The summed E-state index contributed by atoms with van der Waals surface area (Å²) in [5.74, 6) is -1.09. The second-order valence-corrected chi connectivity index (χ2v) is 5.23. The van der Waals surface area contributed by atoms with Gasteiger partial charge >= 0.3 is 5.97 Å². The molecular weight excluding hydrogens is 269 g/mol. The van der Waals surface area contributed by atoms with Gasteiger partial charge in [-0.15, -0.1) is 0 Å². The van der Waals surface area contributed by atoms with E-state index in [0.717, 1.165) is 0 Å². The maximum Gasteiger partial charge on any atom is 0.303 e. The average molecular weight is 288 g/mol. The van der Waals surface area contributed by atoms with Gasteiger partial charge in [0, 0.05) is 29.6 Å². The molecule has 3 nitrogen and oxygen atoms in total. The summed E-state index contributed by atoms with van der Waals surface area (Å²) in [7, 11) is 0. The number of nitrogens with zero attached hydrogens (tertiary/aromatic N) is 1. The predicted octanol–water partition coefficient (Wildman–Crippen LogP) is 3.55. The molecule has 0 amide bonds. The van der Waals surface area contributed by atoms with Gasteiger partial charge in [-0.3, -0.25) is 9.69 Å². The Balaban J connectivity index is 2.67. The normalized spacial score (nSPS) is 11.3. The molecule has 1 aromatic carbocycles. The zero-order valence-electron chi connectivity index (χ0n) is 11.2. The van der Waals surface area contributed by atoms with E-state index in [1.807, 2.05) is 18.7 Å². The summed E-state index contributed by atoms with van der Waals surface area (Å²) >= 11 is 5.86. The first kappa shape index (κ1) is 15.9. The van der Waals surface area contributed by atoms with Crippen LogP contribution in [0.2, 0.25) is 5.02 Å². The number of aliphatic carboxylic acids is 1. The van der Waals surface area contributed by atoms with Gasteiger partial charge in [0.2, 0.25) is 0 Å². The van der Waals surface area contributed by atoms with Gasteiger partial charge in [0.15, 0.2) is 0 Å². The van der Waals surface area contributed by atoms with Crippen molar-refractivity contribution in [1.29, 1.82) is 0 Å². The molecule has 0 aliphatic heterocycles. The van der Waals surface area contributed by atoms with Crippen LogP contribution in [0.4, 0.5) is 4.39 Å². The number of carboxylic acids is 1. The van der Waals surface area contributed by atoms with Crippen LogP contribution in [0.25, 0.3) is 0 Å². The van der Waals surface area contributed by atoms with Gasteiger partial charge in [0.05, 0.1) is 0 Å². The predicted molar refractivity (Wildman–Crippen MR) is 73.8 cm³/mol. The molecule has 0 saturated carbocycles. The van der Waals surface area contributed by atoms with Crippen LogP contribution in [-0.2, 0) is 11.3 Å². The number of hydrogen-bond donors (Lipinski definition) is 1. The summed E-state index contributed by atoms with van der Waals surface area (Å²) < 4.78 is 13.7. The van der Waals surface area contributed by atoms with Crippen molar-refractivity contribution in [2.24, 2.45) is 0 Å². The lowest BCUT2D eigenvalue weighted by atomic mass is 10.1. The number of benzene rings is 1. The Morgan fingerprint density at radius 3 is 2.74 bits per heavy atom. The fourth-order valence-electron chi connectivity index (χ4n) is 1.84. The molecule has 1 rings (SSSR count). The summed E-state index contributed by atoms with van der Waals surface area (Å²) in [5, 5.41) is 9.14. The van der Waals surface area contributed by atoms with Crippen LogP contribution in [-0.4, -0.2) is 28.6 Å². The lowest BCUT2D eigenvalue weighted by Gasteiger charge is -2.26. The SMILES string of the molecule is CC(C)N(CCCC(=O)O)Cc1cc(Cl)ccc1F. The molecular formula is C14H19ClFNO2. The highest BCUT2D eigenvalue weighted by Crippen LogP contribution is 2.18. The van der Waals surface area contributed by atoms with Crippen LogP contribution < -0.4 is 0 Å². The van der Waals surface area contributed by atoms with E-state index in [1.165, 1.54) is 12.1 Å².